The molecule has 1 N–H and O–H groups in total. The van der Waals surface area contributed by atoms with Crippen LogP contribution in [0.25, 0.3) is 0 Å². The molecule has 0 aliphatic heterocycles. The Morgan fingerprint density at radius 3 is 2.24 bits per heavy atom. The predicted octanol–water partition coefficient (Wildman–Crippen LogP) is 4.11. The highest BCUT2D eigenvalue weighted by Gasteiger charge is 2.17. The Hall–Kier alpha value is -2.09. The maximum Gasteiger partial charge on any atom is 0.251 e. The summed E-state index contributed by atoms with van der Waals surface area (Å²) in [6.07, 6.45) is 0.772. The summed E-state index contributed by atoms with van der Waals surface area (Å²) in [6.45, 7) is 8.06. The molecule has 110 valence electrons. The molecule has 0 aliphatic carbocycles. The number of amides is 1. The molecule has 0 atom stereocenters. The first-order valence-corrected chi connectivity index (χ1v) is 7.31. The lowest BCUT2D eigenvalue weighted by atomic mass is 9.98. The van der Waals surface area contributed by atoms with E-state index in [2.05, 4.69) is 36.5 Å². The molecule has 0 fully saturated rings. The number of hydrogen-bond donors (Lipinski definition) is 1. The maximum absolute atomic E-state index is 12.4. The highest BCUT2D eigenvalue weighted by Crippen LogP contribution is 2.16. The molecule has 0 heterocycles. The summed E-state index contributed by atoms with van der Waals surface area (Å²) in [7, 11) is 0. The lowest BCUT2D eigenvalue weighted by Crippen LogP contribution is -2.40. The fourth-order valence-corrected chi connectivity index (χ4v) is 2.23. The van der Waals surface area contributed by atoms with Crippen molar-refractivity contribution in [2.75, 3.05) is 0 Å². The summed E-state index contributed by atoms with van der Waals surface area (Å²) >= 11 is 0. The predicted molar refractivity (Wildman–Crippen MR) is 87.6 cm³/mol. The van der Waals surface area contributed by atoms with Gasteiger partial charge in [-0.1, -0.05) is 48.0 Å². The van der Waals surface area contributed by atoms with Crippen LogP contribution in [0, 0.1) is 6.92 Å². The van der Waals surface area contributed by atoms with E-state index < -0.39 is 0 Å². The van der Waals surface area contributed by atoms with E-state index in [-0.39, 0.29) is 11.4 Å². The van der Waals surface area contributed by atoms with Crippen LogP contribution in [0.1, 0.15) is 47.8 Å². The highest BCUT2D eigenvalue weighted by atomic mass is 16.1. The molecule has 0 aliphatic rings. The molecule has 0 unspecified atom stereocenters. The highest BCUT2D eigenvalue weighted by molar-refractivity contribution is 5.96. The van der Waals surface area contributed by atoms with Gasteiger partial charge >= 0.3 is 0 Å². The van der Waals surface area contributed by atoms with Crippen LogP contribution in [0.2, 0.25) is 0 Å². The Labute approximate surface area is 127 Å². The second kappa shape index (κ2) is 6.13. The molecule has 21 heavy (non-hydrogen) atoms. The van der Waals surface area contributed by atoms with Crippen molar-refractivity contribution < 1.29 is 4.79 Å². The summed E-state index contributed by atoms with van der Waals surface area (Å²) in [4.78, 5) is 12.4. The normalized spacial score (nSPS) is 11.2. The molecular formula is C19H23NO. The van der Waals surface area contributed by atoms with E-state index in [4.69, 9.17) is 0 Å². The summed E-state index contributed by atoms with van der Waals surface area (Å²) in [5, 5.41) is 3.03. The van der Waals surface area contributed by atoms with Gasteiger partial charge in [-0.3, -0.25) is 4.79 Å². The Kier molecular flexibility index (Phi) is 4.46. The quantitative estimate of drug-likeness (QED) is 0.901. The van der Waals surface area contributed by atoms with Crippen molar-refractivity contribution in [1.29, 1.82) is 0 Å². The van der Waals surface area contributed by atoms with Gasteiger partial charge in [0, 0.05) is 11.1 Å². The second-order valence-corrected chi connectivity index (χ2v) is 6.52. The van der Waals surface area contributed by atoms with E-state index in [1.54, 1.807) is 0 Å². The van der Waals surface area contributed by atoms with E-state index in [1.807, 2.05) is 45.0 Å². The average Bonchev–Trinajstić information content (AvgIpc) is 2.40. The first-order valence-electron chi connectivity index (χ1n) is 7.31. The first-order chi connectivity index (χ1) is 9.85. The number of rotatable bonds is 3. The molecule has 2 heteroatoms. The van der Waals surface area contributed by atoms with Gasteiger partial charge in [-0.25, -0.2) is 0 Å². The van der Waals surface area contributed by atoms with E-state index in [0.717, 1.165) is 17.5 Å². The van der Waals surface area contributed by atoms with Crippen molar-refractivity contribution in [2.24, 2.45) is 0 Å². The van der Waals surface area contributed by atoms with Crippen molar-refractivity contribution in [2.45, 2.75) is 39.7 Å². The van der Waals surface area contributed by atoms with Crippen molar-refractivity contribution in [3.05, 3.63) is 70.8 Å². The van der Waals surface area contributed by atoms with Crippen LogP contribution >= 0.6 is 0 Å². The average molecular weight is 281 g/mol. The van der Waals surface area contributed by atoms with Crippen LogP contribution in [0.4, 0.5) is 0 Å². The monoisotopic (exact) mass is 281 g/mol. The molecule has 2 aromatic rings. The zero-order chi connectivity index (χ0) is 15.5. The van der Waals surface area contributed by atoms with Crippen LogP contribution in [0.5, 0.6) is 0 Å². The Morgan fingerprint density at radius 2 is 1.62 bits per heavy atom. The molecule has 2 rings (SSSR count). The van der Waals surface area contributed by atoms with Gasteiger partial charge < -0.3 is 5.32 Å². The van der Waals surface area contributed by atoms with Gasteiger partial charge in [0.2, 0.25) is 0 Å². The van der Waals surface area contributed by atoms with Gasteiger partial charge in [0.1, 0.15) is 0 Å². The van der Waals surface area contributed by atoms with Gasteiger partial charge in [0.15, 0.2) is 0 Å². The molecular weight excluding hydrogens is 258 g/mol. The molecule has 2 nitrogen and oxygen atoms in total. The molecule has 0 radical (unpaired) electrons. The van der Waals surface area contributed by atoms with Crippen molar-refractivity contribution in [1.82, 2.24) is 5.32 Å². The third kappa shape index (κ3) is 4.45. The van der Waals surface area contributed by atoms with Crippen LogP contribution < -0.4 is 5.32 Å². The minimum atomic E-state index is -0.228. The molecule has 1 amide bonds. The van der Waals surface area contributed by atoms with E-state index >= 15 is 0 Å². The largest absolute Gasteiger partial charge is 0.347 e. The zero-order valence-electron chi connectivity index (χ0n) is 13.2. The topological polar surface area (TPSA) is 29.1 Å². The lowest BCUT2D eigenvalue weighted by molar-refractivity contribution is 0.0918. The number of carbonyl (C=O) groups is 1. The Morgan fingerprint density at radius 1 is 1.00 bits per heavy atom. The Balaban J connectivity index is 2.24. The number of benzene rings is 2. The van der Waals surface area contributed by atoms with Crippen molar-refractivity contribution >= 4 is 5.91 Å². The Bertz CT molecular complexity index is 621. The first kappa shape index (κ1) is 15.3. The summed E-state index contributed by atoms with van der Waals surface area (Å²) in [5.41, 5.74) is 4.05. The van der Waals surface area contributed by atoms with Gasteiger partial charge in [0.25, 0.3) is 5.91 Å². The standard InChI is InChI=1S/C19H23NO/c1-14-9-11-15(12-10-14)13-16-7-5-6-8-17(16)18(21)20-19(2,3)4/h5-12H,13H2,1-4H3,(H,20,21). The molecule has 0 spiro atoms. The fraction of sp³-hybridized carbons (Fsp3) is 0.316. The maximum atomic E-state index is 12.4. The molecule has 0 aromatic heterocycles. The van der Waals surface area contributed by atoms with E-state index in [1.165, 1.54) is 11.1 Å². The third-order valence-electron chi connectivity index (χ3n) is 3.27. The smallest absolute Gasteiger partial charge is 0.251 e. The summed E-state index contributed by atoms with van der Waals surface area (Å²) in [5.74, 6) is -0.00906. The second-order valence-electron chi connectivity index (χ2n) is 6.52. The lowest BCUT2D eigenvalue weighted by Gasteiger charge is -2.21. The SMILES string of the molecule is Cc1ccc(Cc2ccccc2C(=O)NC(C)(C)C)cc1. The van der Waals surface area contributed by atoms with Crippen molar-refractivity contribution in [3.63, 3.8) is 0 Å². The molecule has 0 saturated carbocycles. The number of nitrogens with one attached hydrogen (secondary N) is 1. The van der Waals surface area contributed by atoms with Crippen molar-refractivity contribution in [3.8, 4) is 0 Å². The van der Waals surface area contributed by atoms with Gasteiger partial charge in [-0.05, 0) is 51.3 Å². The van der Waals surface area contributed by atoms with E-state index in [0.29, 0.717) is 0 Å². The summed E-state index contributed by atoms with van der Waals surface area (Å²) in [6, 6.07) is 16.3. The van der Waals surface area contributed by atoms with Crippen LogP contribution in [0.3, 0.4) is 0 Å². The number of carbonyl (C=O) groups excluding carboxylic acids is 1. The van der Waals surface area contributed by atoms with E-state index in [9.17, 15) is 4.79 Å². The fourth-order valence-electron chi connectivity index (χ4n) is 2.23. The number of hydrogen-bond acceptors (Lipinski definition) is 1. The van der Waals surface area contributed by atoms with Gasteiger partial charge in [-0.15, -0.1) is 0 Å². The number of aryl methyl sites for hydroxylation is 1. The van der Waals surface area contributed by atoms with Gasteiger partial charge in [0.05, 0.1) is 0 Å². The summed E-state index contributed by atoms with van der Waals surface area (Å²) < 4.78 is 0. The minimum absolute atomic E-state index is 0.00906. The zero-order valence-corrected chi connectivity index (χ0v) is 13.2. The molecule has 0 bridgehead atoms. The van der Waals surface area contributed by atoms with Crippen LogP contribution in [0.15, 0.2) is 48.5 Å². The molecule has 2 aromatic carbocycles. The van der Waals surface area contributed by atoms with Crippen LogP contribution in [-0.2, 0) is 6.42 Å². The minimum Gasteiger partial charge on any atom is -0.347 e. The van der Waals surface area contributed by atoms with Crippen LogP contribution in [-0.4, -0.2) is 11.4 Å². The van der Waals surface area contributed by atoms with Gasteiger partial charge in [-0.2, -0.15) is 0 Å². The molecule has 0 saturated heterocycles. The third-order valence-corrected chi connectivity index (χ3v) is 3.27.